The lowest BCUT2D eigenvalue weighted by atomic mass is 9.93. The maximum Gasteiger partial charge on any atom is 0.294 e. The van der Waals surface area contributed by atoms with E-state index < -0.39 is 11.9 Å². The molecular formula is C23H17Cl2NO2. The molecule has 0 aliphatic carbocycles. The number of amides is 1. The fourth-order valence-electron chi connectivity index (χ4n) is 3.46. The number of carbonyl (C=O) groups excluding carboxylic acids is 1. The molecule has 5 heteroatoms. The number of halogens is 2. The molecule has 140 valence electrons. The predicted molar refractivity (Wildman–Crippen MR) is 114 cm³/mol. The van der Waals surface area contributed by atoms with E-state index in [2.05, 4.69) is 0 Å². The molecule has 3 nitrogen and oxygen atoms in total. The quantitative estimate of drug-likeness (QED) is 0.546. The minimum absolute atomic E-state index is 0.251. The third-order valence-electron chi connectivity index (χ3n) is 4.86. The van der Waals surface area contributed by atoms with Crippen molar-refractivity contribution in [1.82, 2.24) is 0 Å². The van der Waals surface area contributed by atoms with Gasteiger partial charge in [0.15, 0.2) is 5.76 Å². The predicted octanol–water partition coefficient (Wildman–Crippen LogP) is 6.36. The number of aliphatic hydroxyl groups excluding tert-OH is 1. The second-order valence-electron chi connectivity index (χ2n) is 6.73. The molecule has 1 atom stereocenters. The summed E-state index contributed by atoms with van der Waals surface area (Å²) in [4.78, 5) is 14.6. The highest BCUT2D eigenvalue weighted by molar-refractivity contribution is 6.31. The van der Waals surface area contributed by atoms with Gasteiger partial charge in [-0.05, 0) is 54.4 Å². The molecule has 28 heavy (non-hydrogen) atoms. The van der Waals surface area contributed by atoms with Crippen molar-refractivity contribution in [2.24, 2.45) is 0 Å². The first kappa shape index (κ1) is 18.6. The van der Waals surface area contributed by atoms with Crippen molar-refractivity contribution in [3.05, 3.63) is 105 Å². The zero-order chi connectivity index (χ0) is 19.8. The van der Waals surface area contributed by atoms with Crippen LogP contribution in [-0.2, 0) is 4.79 Å². The van der Waals surface area contributed by atoms with Gasteiger partial charge in [-0.3, -0.25) is 9.69 Å². The number of rotatable bonds is 3. The van der Waals surface area contributed by atoms with Crippen molar-refractivity contribution < 1.29 is 9.90 Å². The van der Waals surface area contributed by atoms with Gasteiger partial charge in [0, 0.05) is 21.3 Å². The van der Waals surface area contributed by atoms with Gasteiger partial charge in [-0.15, -0.1) is 0 Å². The van der Waals surface area contributed by atoms with E-state index in [-0.39, 0.29) is 5.76 Å². The van der Waals surface area contributed by atoms with E-state index >= 15 is 0 Å². The van der Waals surface area contributed by atoms with Gasteiger partial charge in [-0.2, -0.15) is 0 Å². The maximum absolute atomic E-state index is 13.1. The molecule has 1 N–H and O–H groups in total. The van der Waals surface area contributed by atoms with Crippen molar-refractivity contribution in [3.63, 3.8) is 0 Å². The van der Waals surface area contributed by atoms with Crippen LogP contribution in [0.25, 0.3) is 5.57 Å². The molecule has 3 aromatic carbocycles. The highest BCUT2D eigenvalue weighted by Gasteiger charge is 2.41. The van der Waals surface area contributed by atoms with Gasteiger partial charge >= 0.3 is 0 Å². The normalized spacial score (nSPS) is 16.8. The SMILES string of the molecule is Cc1ccc(C2=C(O)C(=O)N(c3ccc(Cl)cc3)[C@@H]2c2ccc(Cl)cc2)cc1. The first-order chi connectivity index (χ1) is 13.5. The van der Waals surface area contributed by atoms with Gasteiger partial charge in [-0.25, -0.2) is 0 Å². The maximum atomic E-state index is 13.1. The molecule has 0 saturated heterocycles. The van der Waals surface area contributed by atoms with Crippen LogP contribution in [-0.4, -0.2) is 11.0 Å². The Morgan fingerprint density at radius 3 is 1.93 bits per heavy atom. The number of aliphatic hydroxyl groups is 1. The topological polar surface area (TPSA) is 40.5 Å². The monoisotopic (exact) mass is 409 g/mol. The van der Waals surface area contributed by atoms with Crippen LogP contribution < -0.4 is 4.90 Å². The summed E-state index contributed by atoms with van der Waals surface area (Å²) >= 11 is 12.1. The lowest BCUT2D eigenvalue weighted by Crippen LogP contribution is -2.30. The molecular weight excluding hydrogens is 393 g/mol. The Kier molecular flexibility index (Phi) is 4.88. The van der Waals surface area contributed by atoms with Crippen LogP contribution in [0.2, 0.25) is 10.0 Å². The number of hydrogen-bond donors (Lipinski definition) is 1. The average molecular weight is 410 g/mol. The Hall–Kier alpha value is -2.75. The van der Waals surface area contributed by atoms with E-state index in [1.54, 1.807) is 41.3 Å². The Balaban J connectivity index is 1.90. The van der Waals surface area contributed by atoms with Crippen LogP contribution in [0, 0.1) is 6.92 Å². The smallest absolute Gasteiger partial charge is 0.294 e. The minimum Gasteiger partial charge on any atom is -0.503 e. The van der Waals surface area contributed by atoms with E-state index in [0.717, 1.165) is 16.7 Å². The third-order valence-corrected chi connectivity index (χ3v) is 5.37. The van der Waals surface area contributed by atoms with Crippen LogP contribution in [0.5, 0.6) is 0 Å². The number of nitrogens with zero attached hydrogens (tertiary/aromatic N) is 1. The summed E-state index contributed by atoms with van der Waals surface area (Å²) in [5.74, 6) is -0.698. The second-order valence-corrected chi connectivity index (χ2v) is 7.61. The molecule has 0 radical (unpaired) electrons. The summed E-state index contributed by atoms with van der Waals surface area (Å²) in [5.41, 5.74) is 3.98. The Morgan fingerprint density at radius 2 is 1.36 bits per heavy atom. The van der Waals surface area contributed by atoms with Crippen molar-refractivity contribution in [1.29, 1.82) is 0 Å². The fourth-order valence-corrected chi connectivity index (χ4v) is 3.71. The molecule has 4 rings (SSSR count). The molecule has 1 amide bonds. The molecule has 0 unspecified atom stereocenters. The molecule has 0 spiro atoms. The van der Waals surface area contributed by atoms with E-state index in [1.165, 1.54) is 0 Å². The standard InChI is InChI=1S/C23H17Cl2NO2/c1-14-2-4-15(5-3-14)20-21(16-6-8-17(24)9-7-16)26(23(28)22(20)27)19-12-10-18(25)11-13-19/h2-13,21,27H,1H3/t21-/m1/s1. The zero-order valence-corrected chi connectivity index (χ0v) is 16.6. The molecule has 0 fully saturated rings. The van der Waals surface area contributed by atoms with Crippen LogP contribution in [0.1, 0.15) is 22.7 Å². The molecule has 1 aliphatic heterocycles. The number of carbonyl (C=O) groups is 1. The van der Waals surface area contributed by atoms with E-state index in [1.807, 2.05) is 43.3 Å². The molecule has 1 heterocycles. The molecule has 1 aliphatic rings. The molecule has 0 aromatic heterocycles. The van der Waals surface area contributed by atoms with Gasteiger partial charge in [0.05, 0.1) is 6.04 Å². The summed E-state index contributed by atoms with van der Waals surface area (Å²) < 4.78 is 0. The number of hydrogen-bond acceptors (Lipinski definition) is 2. The first-order valence-electron chi connectivity index (χ1n) is 8.80. The fraction of sp³-hybridized carbons (Fsp3) is 0.0870. The lowest BCUT2D eigenvalue weighted by molar-refractivity contribution is -0.117. The Bertz CT molecular complexity index is 1060. The van der Waals surface area contributed by atoms with E-state index in [9.17, 15) is 9.90 Å². The van der Waals surface area contributed by atoms with Crippen molar-refractivity contribution in [2.45, 2.75) is 13.0 Å². The van der Waals surface area contributed by atoms with Crippen LogP contribution in [0.15, 0.2) is 78.6 Å². The number of anilines is 1. The van der Waals surface area contributed by atoms with Gasteiger partial charge < -0.3 is 5.11 Å². The zero-order valence-electron chi connectivity index (χ0n) is 15.1. The molecule has 0 saturated carbocycles. The van der Waals surface area contributed by atoms with E-state index in [4.69, 9.17) is 23.2 Å². The summed E-state index contributed by atoms with van der Waals surface area (Å²) in [6.45, 7) is 1.99. The summed E-state index contributed by atoms with van der Waals surface area (Å²) in [6, 6.07) is 21.6. The lowest BCUT2D eigenvalue weighted by Gasteiger charge is -2.27. The van der Waals surface area contributed by atoms with Gasteiger partial charge in [0.2, 0.25) is 0 Å². The van der Waals surface area contributed by atoms with E-state index in [0.29, 0.717) is 21.3 Å². The molecule has 3 aromatic rings. The summed E-state index contributed by atoms with van der Waals surface area (Å²) in [5, 5.41) is 12.0. The van der Waals surface area contributed by atoms with Gasteiger partial charge in [0.1, 0.15) is 0 Å². The van der Waals surface area contributed by atoms with Crippen molar-refractivity contribution in [2.75, 3.05) is 4.90 Å². The van der Waals surface area contributed by atoms with Crippen LogP contribution in [0.4, 0.5) is 5.69 Å². The van der Waals surface area contributed by atoms with Crippen LogP contribution in [0.3, 0.4) is 0 Å². The summed E-state index contributed by atoms with van der Waals surface area (Å²) in [7, 11) is 0. The number of aryl methyl sites for hydroxylation is 1. The van der Waals surface area contributed by atoms with Crippen molar-refractivity contribution >= 4 is 40.4 Å². The van der Waals surface area contributed by atoms with Gasteiger partial charge in [-0.1, -0.05) is 65.2 Å². The summed E-state index contributed by atoms with van der Waals surface area (Å²) in [6.07, 6.45) is 0. The molecule has 0 bridgehead atoms. The Labute approximate surface area is 173 Å². The minimum atomic E-state index is -0.478. The van der Waals surface area contributed by atoms with Crippen LogP contribution >= 0.6 is 23.2 Å². The first-order valence-corrected chi connectivity index (χ1v) is 9.56. The highest BCUT2D eigenvalue weighted by atomic mass is 35.5. The highest BCUT2D eigenvalue weighted by Crippen LogP contribution is 2.45. The number of benzene rings is 3. The third kappa shape index (κ3) is 3.28. The Morgan fingerprint density at radius 1 is 0.821 bits per heavy atom. The second kappa shape index (κ2) is 7.34. The van der Waals surface area contributed by atoms with Crippen molar-refractivity contribution in [3.8, 4) is 0 Å². The van der Waals surface area contributed by atoms with Gasteiger partial charge in [0.25, 0.3) is 5.91 Å². The average Bonchev–Trinajstić information content (AvgIpc) is 2.95. The largest absolute Gasteiger partial charge is 0.503 e.